The summed E-state index contributed by atoms with van der Waals surface area (Å²) >= 11 is 17.8. The number of aromatic amines is 1. The molecule has 0 fully saturated rings. The molecular formula is C24H14Cl2N4S. The minimum atomic E-state index is 0.331. The highest BCUT2D eigenvalue weighted by Crippen LogP contribution is 2.41. The molecule has 4 rings (SSSR count). The topological polar surface area (TPSA) is 64.3 Å². The summed E-state index contributed by atoms with van der Waals surface area (Å²) in [5, 5.41) is 19.7. The SMILES string of the molecule is N#Cc1c(-c2ccccc2)c(N=Nc2ccc(Cl)cc2Cl)c(-c2ccccc2)[nH]c1=S. The van der Waals surface area contributed by atoms with E-state index in [4.69, 9.17) is 35.4 Å². The van der Waals surface area contributed by atoms with E-state index in [0.29, 0.717) is 42.9 Å². The van der Waals surface area contributed by atoms with Crippen LogP contribution in [0.2, 0.25) is 10.0 Å². The second kappa shape index (κ2) is 9.23. The summed E-state index contributed by atoms with van der Waals surface area (Å²) < 4.78 is 0.337. The van der Waals surface area contributed by atoms with Gasteiger partial charge in [0.1, 0.15) is 22.1 Å². The predicted octanol–water partition coefficient (Wildman–Crippen LogP) is 8.67. The highest BCUT2D eigenvalue weighted by atomic mass is 35.5. The summed E-state index contributed by atoms with van der Waals surface area (Å²) in [6, 6.07) is 26.4. The largest absolute Gasteiger partial charge is 0.343 e. The van der Waals surface area contributed by atoms with Crippen molar-refractivity contribution in [3.63, 3.8) is 0 Å². The van der Waals surface area contributed by atoms with Crippen LogP contribution in [0.3, 0.4) is 0 Å². The van der Waals surface area contributed by atoms with Gasteiger partial charge < -0.3 is 4.98 Å². The van der Waals surface area contributed by atoms with Gasteiger partial charge in [-0.15, -0.1) is 10.2 Å². The van der Waals surface area contributed by atoms with Crippen LogP contribution in [0.5, 0.6) is 0 Å². The average Bonchev–Trinajstić information content (AvgIpc) is 2.79. The predicted molar refractivity (Wildman–Crippen MR) is 128 cm³/mol. The molecule has 1 N–H and O–H groups in total. The number of aromatic nitrogens is 1. The fourth-order valence-electron chi connectivity index (χ4n) is 3.16. The lowest BCUT2D eigenvalue weighted by molar-refractivity contribution is 1.19. The van der Waals surface area contributed by atoms with Crippen LogP contribution in [-0.2, 0) is 0 Å². The molecule has 0 radical (unpaired) electrons. The Labute approximate surface area is 194 Å². The van der Waals surface area contributed by atoms with Gasteiger partial charge in [0, 0.05) is 16.1 Å². The molecule has 0 atom stereocenters. The first kappa shape index (κ1) is 21.0. The first-order valence-electron chi connectivity index (χ1n) is 9.26. The van der Waals surface area contributed by atoms with Gasteiger partial charge in [-0.05, 0) is 23.8 Å². The van der Waals surface area contributed by atoms with Crippen molar-refractivity contribution in [3.05, 3.63) is 99.1 Å². The highest BCUT2D eigenvalue weighted by Gasteiger charge is 2.19. The number of pyridine rings is 1. The summed E-state index contributed by atoms with van der Waals surface area (Å²) in [4.78, 5) is 3.17. The number of H-pyrrole nitrogens is 1. The minimum Gasteiger partial charge on any atom is -0.343 e. The summed E-state index contributed by atoms with van der Waals surface area (Å²) in [6.45, 7) is 0. The van der Waals surface area contributed by atoms with Gasteiger partial charge in [-0.1, -0.05) is 96.1 Å². The summed E-state index contributed by atoms with van der Waals surface area (Å²) in [5.74, 6) is 0. The first-order valence-corrected chi connectivity index (χ1v) is 10.4. The zero-order chi connectivity index (χ0) is 21.8. The van der Waals surface area contributed by atoms with Gasteiger partial charge in [0.15, 0.2) is 0 Å². The Morgan fingerprint density at radius 1 is 0.839 bits per heavy atom. The van der Waals surface area contributed by atoms with E-state index in [1.54, 1.807) is 18.2 Å². The van der Waals surface area contributed by atoms with E-state index >= 15 is 0 Å². The van der Waals surface area contributed by atoms with E-state index in [1.807, 2.05) is 60.7 Å². The Morgan fingerprint density at radius 2 is 1.48 bits per heavy atom. The maximum absolute atomic E-state index is 9.86. The number of nitrogens with one attached hydrogen (secondary N) is 1. The van der Waals surface area contributed by atoms with Crippen molar-refractivity contribution < 1.29 is 0 Å². The quantitative estimate of drug-likeness (QED) is 0.244. The standard InChI is InChI=1S/C24H14Cl2N4S/c25-17-11-12-20(19(26)13-17)29-30-23-21(15-7-3-1-4-8-15)18(14-27)24(31)28-22(23)16-9-5-2-6-10-16/h1-13H,(H,28,31). The second-order valence-corrected chi connectivity index (χ2v) is 7.82. The number of benzene rings is 3. The van der Waals surface area contributed by atoms with Gasteiger partial charge in [0.05, 0.1) is 16.3 Å². The van der Waals surface area contributed by atoms with Crippen LogP contribution in [0.25, 0.3) is 22.4 Å². The third-order valence-electron chi connectivity index (χ3n) is 4.59. The lowest BCUT2D eigenvalue weighted by atomic mass is 9.97. The molecule has 0 aliphatic carbocycles. The van der Waals surface area contributed by atoms with Crippen molar-refractivity contribution in [2.75, 3.05) is 0 Å². The van der Waals surface area contributed by atoms with Crippen molar-refractivity contribution in [2.45, 2.75) is 0 Å². The monoisotopic (exact) mass is 460 g/mol. The molecule has 0 amide bonds. The Kier molecular flexibility index (Phi) is 6.24. The Hall–Kier alpha value is -3.30. The van der Waals surface area contributed by atoms with E-state index in [-0.39, 0.29) is 0 Å². The normalized spacial score (nSPS) is 10.9. The van der Waals surface area contributed by atoms with Crippen LogP contribution in [-0.4, -0.2) is 4.98 Å². The van der Waals surface area contributed by atoms with Crippen LogP contribution in [0.4, 0.5) is 11.4 Å². The van der Waals surface area contributed by atoms with Crippen molar-refractivity contribution >= 4 is 46.8 Å². The number of rotatable bonds is 4. The number of nitriles is 1. The Bertz CT molecular complexity index is 1370. The van der Waals surface area contributed by atoms with Gasteiger partial charge in [-0.25, -0.2) is 0 Å². The Morgan fingerprint density at radius 3 is 2.10 bits per heavy atom. The van der Waals surface area contributed by atoms with Crippen LogP contribution in [0.1, 0.15) is 5.56 Å². The number of halogens is 2. The molecule has 1 aromatic heterocycles. The van der Waals surface area contributed by atoms with Gasteiger partial charge in [-0.2, -0.15) is 5.26 Å². The lowest BCUT2D eigenvalue weighted by Gasteiger charge is -2.14. The molecule has 7 heteroatoms. The summed E-state index contributed by atoms with van der Waals surface area (Å²) in [5.41, 5.74) is 4.24. The van der Waals surface area contributed by atoms with Gasteiger partial charge in [0.2, 0.25) is 0 Å². The molecule has 31 heavy (non-hydrogen) atoms. The molecule has 0 aliphatic rings. The van der Waals surface area contributed by atoms with E-state index in [9.17, 15) is 5.26 Å². The summed E-state index contributed by atoms with van der Waals surface area (Å²) in [6.07, 6.45) is 0. The molecule has 1 heterocycles. The van der Waals surface area contributed by atoms with Crippen LogP contribution in [0, 0.1) is 16.0 Å². The average molecular weight is 461 g/mol. The van der Waals surface area contributed by atoms with Gasteiger partial charge in [0.25, 0.3) is 0 Å². The molecule has 4 aromatic rings. The number of nitrogens with zero attached hydrogens (tertiary/aromatic N) is 3. The number of hydrogen-bond acceptors (Lipinski definition) is 4. The van der Waals surface area contributed by atoms with Crippen molar-refractivity contribution in [2.24, 2.45) is 10.2 Å². The van der Waals surface area contributed by atoms with Crippen LogP contribution < -0.4 is 0 Å². The van der Waals surface area contributed by atoms with E-state index in [1.165, 1.54) is 0 Å². The Balaban J connectivity index is 2.04. The summed E-state index contributed by atoms with van der Waals surface area (Å²) in [7, 11) is 0. The molecule has 0 spiro atoms. The lowest BCUT2D eigenvalue weighted by Crippen LogP contribution is -1.95. The maximum Gasteiger partial charge on any atom is 0.122 e. The molecule has 0 saturated carbocycles. The third-order valence-corrected chi connectivity index (χ3v) is 5.44. The molecule has 0 bridgehead atoms. The fraction of sp³-hybridized carbons (Fsp3) is 0. The van der Waals surface area contributed by atoms with Crippen molar-refractivity contribution in [3.8, 4) is 28.5 Å². The molecular weight excluding hydrogens is 447 g/mol. The molecule has 4 nitrogen and oxygen atoms in total. The molecule has 3 aromatic carbocycles. The van der Waals surface area contributed by atoms with E-state index < -0.39 is 0 Å². The fourth-order valence-corrected chi connectivity index (χ4v) is 3.86. The molecule has 150 valence electrons. The van der Waals surface area contributed by atoms with Gasteiger partial charge in [-0.3, -0.25) is 0 Å². The molecule has 0 saturated heterocycles. The molecule has 0 unspecified atom stereocenters. The highest BCUT2D eigenvalue weighted by molar-refractivity contribution is 7.71. The molecule has 0 aliphatic heterocycles. The van der Waals surface area contributed by atoms with Crippen molar-refractivity contribution in [1.82, 2.24) is 4.98 Å². The maximum atomic E-state index is 9.86. The third kappa shape index (κ3) is 4.42. The van der Waals surface area contributed by atoms with Gasteiger partial charge >= 0.3 is 0 Å². The zero-order valence-corrected chi connectivity index (χ0v) is 18.3. The number of azo groups is 1. The smallest absolute Gasteiger partial charge is 0.122 e. The van der Waals surface area contributed by atoms with Crippen molar-refractivity contribution in [1.29, 1.82) is 5.26 Å². The minimum absolute atomic E-state index is 0.331. The van der Waals surface area contributed by atoms with E-state index in [0.717, 1.165) is 11.1 Å². The van der Waals surface area contributed by atoms with Crippen LogP contribution >= 0.6 is 35.4 Å². The first-order chi connectivity index (χ1) is 15.1. The second-order valence-electron chi connectivity index (χ2n) is 6.57. The zero-order valence-electron chi connectivity index (χ0n) is 16.0. The number of hydrogen-bond donors (Lipinski definition) is 1. The van der Waals surface area contributed by atoms with E-state index in [2.05, 4.69) is 21.3 Å². The van der Waals surface area contributed by atoms with Crippen LogP contribution in [0.15, 0.2) is 89.1 Å².